The van der Waals surface area contributed by atoms with Crippen molar-refractivity contribution < 1.29 is 8.78 Å². The predicted octanol–water partition coefficient (Wildman–Crippen LogP) is 5.28. The molecule has 0 unspecified atom stereocenters. The van der Waals surface area contributed by atoms with Gasteiger partial charge in [-0.15, -0.1) is 11.8 Å². The Morgan fingerprint density at radius 2 is 1.81 bits per heavy atom. The van der Waals surface area contributed by atoms with E-state index in [2.05, 4.69) is 54.5 Å². The summed E-state index contributed by atoms with van der Waals surface area (Å²) in [4.78, 5) is 18.0. The number of nitrogens with zero attached hydrogens (tertiary/aromatic N) is 6. The fraction of sp³-hybridized carbons (Fsp3) is 0.400. The number of hydrogen-bond donors (Lipinski definition) is 1. The molecule has 2 aliphatic rings. The van der Waals surface area contributed by atoms with E-state index in [1.807, 2.05) is 24.4 Å². The van der Waals surface area contributed by atoms with Gasteiger partial charge in [0.15, 0.2) is 5.82 Å². The standard InChI is InChI=1S/C25H29F2N7S2/c1-16(2)34-10-11-36-24-19(26)12-17(13-21(24)34)23-20(27)15-29-25(31-23)30-22-5-4-18(14-28-22)32-6-8-33(35-3)9-7-32/h4-5,12-16H,6-11H2,1-3H3,(H,28,29,30,31). The van der Waals surface area contributed by atoms with Crippen molar-refractivity contribution in [2.24, 2.45) is 0 Å². The second-order valence-electron chi connectivity index (χ2n) is 8.96. The monoisotopic (exact) mass is 529 g/mol. The number of piperazine rings is 1. The van der Waals surface area contributed by atoms with Crippen molar-refractivity contribution in [2.45, 2.75) is 24.8 Å². The van der Waals surface area contributed by atoms with Crippen molar-refractivity contribution in [3.63, 3.8) is 0 Å². The maximum absolute atomic E-state index is 15.0. The molecule has 1 fully saturated rings. The second-order valence-corrected chi connectivity index (χ2v) is 10.9. The smallest absolute Gasteiger partial charge is 0.229 e. The van der Waals surface area contributed by atoms with Crippen LogP contribution in [0, 0.1) is 11.6 Å². The molecule has 7 nitrogen and oxygen atoms in total. The zero-order valence-corrected chi connectivity index (χ0v) is 22.2. The molecule has 0 spiro atoms. The van der Waals surface area contributed by atoms with Gasteiger partial charge in [0.25, 0.3) is 0 Å². The van der Waals surface area contributed by atoms with Crippen LogP contribution in [-0.4, -0.2) is 70.0 Å². The maximum Gasteiger partial charge on any atom is 0.229 e. The average Bonchev–Trinajstić information content (AvgIpc) is 2.90. The van der Waals surface area contributed by atoms with Crippen molar-refractivity contribution in [2.75, 3.05) is 59.8 Å². The van der Waals surface area contributed by atoms with Crippen LogP contribution >= 0.6 is 23.7 Å². The molecule has 0 amide bonds. The molecule has 0 aliphatic carbocycles. The molecule has 4 heterocycles. The fourth-order valence-electron chi connectivity index (χ4n) is 4.50. The molecule has 11 heteroatoms. The molecule has 3 aromatic rings. The number of thioether (sulfide) groups is 1. The van der Waals surface area contributed by atoms with E-state index in [0.717, 1.165) is 56.0 Å². The molecule has 1 aromatic carbocycles. The molecule has 0 radical (unpaired) electrons. The van der Waals surface area contributed by atoms with Crippen LogP contribution in [0.1, 0.15) is 13.8 Å². The Labute approximate surface area is 218 Å². The first-order chi connectivity index (χ1) is 17.4. The first-order valence-electron chi connectivity index (χ1n) is 12.0. The number of aromatic nitrogens is 3. The molecule has 2 aliphatic heterocycles. The van der Waals surface area contributed by atoms with Gasteiger partial charge in [0, 0.05) is 50.1 Å². The Hall–Kier alpha value is -2.63. The van der Waals surface area contributed by atoms with E-state index < -0.39 is 5.82 Å². The molecule has 5 rings (SSSR count). The molecule has 190 valence electrons. The van der Waals surface area contributed by atoms with Gasteiger partial charge in [0.05, 0.1) is 28.7 Å². The van der Waals surface area contributed by atoms with Gasteiger partial charge >= 0.3 is 0 Å². The fourth-order valence-corrected chi connectivity index (χ4v) is 6.04. The lowest BCUT2D eigenvalue weighted by Crippen LogP contribution is -2.43. The summed E-state index contributed by atoms with van der Waals surface area (Å²) < 4.78 is 32.2. The summed E-state index contributed by atoms with van der Waals surface area (Å²) in [5.74, 6) is 0.608. The molecular weight excluding hydrogens is 500 g/mol. The van der Waals surface area contributed by atoms with Gasteiger partial charge in [-0.25, -0.2) is 28.0 Å². The van der Waals surface area contributed by atoms with Crippen LogP contribution in [0.4, 0.5) is 31.9 Å². The van der Waals surface area contributed by atoms with Crippen LogP contribution in [0.15, 0.2) is 41.6 Å². The summed E-state index contributed by atoms with van der Waals surface area (Å²) in [6, 6.07) is 7.25. The zero-order chi connectivity index (χ0) is 25.2. The Balaban J connectivity index is 1.36. The third-order valence-electron chi connectivity index (χ3n) is 6.40. The Morgan fingerprint density at radius 1 is 1.00 bits per heavy atom. The predicted molar refractivity (Wildman–Crippen MR) is 145 cm³/mol. The highest BCUT2D eigenvalue weighted by molar-refractivity contribution is 7.99. The van der Waals surface area contributed by atoms with Crippen LogP contribution < -0.4 is 15.1 Å². The minimum absolute atomic E-state index is 0.0526. The summed E-state index contributed by atoms with van der Waals surface area (Å²) in [6.07, 6.45) is 5.03. The summed E-state index contributed by atoms with van der Waals surface area (Å²) in [7, 11) is 0. The minimum Gasteiger partial charge on any atom is -0.368 e. The van der Waals surface area contributed by atoms with Crippen LogP contribution in [0.3, 0.4) is 0 Å². The average molecular weight is 530 g/mol. The number of nitrogens with one attached hydrogen (secondary N) is 1. The lowest BCUT2D eigenvalue weighted by atomic mass is 10.1. The number of anilines is 4. The van der Waals surface area contributed by atoms with Crippen LogP contribution in [0.25, 0.3) is 11.3 Å². The number of pyridine rings is 1. The van der Waals surface area contributed by atoms with E-state index in [-0.39, 0.29) is 23.5 Å². The quantitative estimate of drug-likeness (QED) is 0.430. The van der Waals surface area contributed by atoms with Gasteiger partial charge in [-0.1, -0.05) is 11.9 Å². The third kappa shape index (κ3) is 5.23. The van der Waals surface area contributed by atoms with E-state index >= 15 is 4.39 Å². The number of benzene rings is 1. The number of fused-ring (bicyclic) bond motifs is 1. The van der Waals surface area contributed by atoms with Crippen molar-refractivity contribution >= 4 is 46.9 Å². The number of hydrogen-bond acceptors (Lipinski definition) is 9. The van der Waals surface area contributed by atoms with Crippen molar-refractivity contribution in [3.8, 4) is 11.3 Å². The summed E-state index contributed by atoms with van der Waals surface area (Å²) >= 11 is 3.26. The molecule has 36 heavy (non-hydrogen) atoms. The minimum atomic E-state index is -0.604. The maximum atomic E-state index is 15.0. The lowest BCUT2D eigenvalue weighted by Gasteiger charge is -2.34. The molecule has 0 bridgehead atoms. The number of halogens is 2. The third-order valence-corrected chi connectivity index (χ3v) is 8.36. The van der Waals surface area contributed by atoms with E-state index in [1.165, 1.54) is 17.8 Å². The Bertz CT molecular complexity index is 1220. The SMILES string of the molecule is CSN1CCN(c2ccc(Nc3ncc(F)c(-c4cc(F)c5c(c4)N(C(C)C)CCS5)n3)nc2)CC1. The van der Waals surface area contributed by atoms with E-state index in [9.17, 15) is 4.39 Å². The first-order valence-corrected chi connectivity index (χ1v) is 14.1. The zero-order valence-electron chi connectivity index (χ0n) is 20.5. The van der Waals surface area contributed by atoms with Gasteiger partial charge in [0.1, 0.15) is 17.3 Å². The van der Waals surface area contributed by atoms with Gasteiger partial charge in [-0.3, -0.25) is 0 Å². The van der Waals surface area contributed by atoms with Gasteiger partial charge in [0.2, 0.25) is 5.95 Å². The summed E-state index contributed by atoms with van der Waals surface area (Å²) in [6.45, 7) is 8.86. The van der Waals surface area contributed by atoms with Gasteiger partial charge in [-0.2, -0.15) is 0 Å². The Kier molecular flexibility index (Phi) is 7.49. The van der Waals surface area contributed by atoms with Crippen molar-refractivity contribution in [3.05, 3.63) is 48.3 Å². The summed E-state index contributed by atoms with van der Waals surface area (Å²) in [5.41, 5.74) is 2.27. The van der Waals surface area contributed by atoms with Gasteiger partial charge in [-0.05, 0) is 44.4 Å². The second kappa shape index (κ2) is 10.8. The highest BCUT2D eigenvalue weighted by Gasteiger charge is 2.25. The summed E-state index contributed by atoms with van der Waals surface area (Å²) in [5, 5.41) is 3.05. The lowest BCUT2D eigenvalue weighted by molar-refractivity contribution is 0.431. The molecule has 2 aromatic heterocycles. The van der Waals surface area contributed by atoms with Crippen molar-refractivity contribution in [1.82, 2.24) is 19.3 Å². The highest BCUT2D eigenvalue weighted by atomic mass is 32.2. The van der Waals surface area contributed by atoms with E-state index in [4.69, 9.17) is 0 Å². The molecule has 1 N–H and O–H groups in total. The molecule has 0 atom stereocenters. The first kappa shape index (κ1) is 25.0. The molecule has 0 saturated carbocycles. The van der Waals surface area contributed by atoms with Crippen LogP contribution in [0.5, 0.6) is 0 Å². The van der Waals surface area contributed by atoms with Gasteiger partial charge < -0.3 is 15.1 Å². The highest BCUT2D eigenvalue weighted by Crippen LogP contribution is 2.41. The van der Waals surface area contributed by atoms with E-state index in [0.29, 0.717) is 16.3 Å². The Morgan fingerprint density at radius 3 is 2.50 bits per heavy atom. The topological polar surface area (TPSA) is 60.4 Å². The molecule has 1 saturated heterocycles. The van der Waals surface area contributed by atoms with Crippen LogP contribution in [-0.2, 0) is 0 Å². The van der Waals surface area contributed by atoms with Crippen molar-refractivity contribution in [1.29, 1.82) is 0 Å². The normalized spacial score (nSPS) is 16.4. The molecular formula is C25H29F2N7S2. The van der Waals surface area contributed by atoms with Crippen LogP contribution in [0.2, 0.25) is 0 Å². The number of rotatable bonds is 6. The van der Waals surface area contributed by atoms with E-state index in [1.54, 1.807) is 11.9 Å². The largest absolute Gasteiger partial charge is 0.368 e.